The second kappa shape index (κ2) is 10.3. The molecule has 0 aromatic rings. The first-order chi connectivity index (χ1) is 7.26. The third-order valence-corrected chi connectivity index (χ3v) is 3.45. The molecule has 0 aromatic carbocycles. The number of hydrogen-bond acceptors (Lipinski definition) is 4. The minimum absolute atomic E-state index is 0.00630. The lowest BCUT2D eigenvalue weighted by Gasteiger charge is -2.13. The highest BCUT2D eigenvalue weighted by Gasteiger charge is 2.18. The van der Waals surface area contributed by atoms with E-state index < -0.39 is 0 Å². The highest BCUT2D eigenvalue weighted by atomic mass is 32.2. The van der Waals surface area contributed by atoms with Gasteiger partial charge in [-0.05, 0) is 18.6 Å². The zero-order valence-corrected chi connectivity index (χ0v) is 10.8. The molecule has 0 aliphatic carbocycles. The van der Waals surface area contributed by atoms with Crippen molar-refractivity contribution in [3.8, 4) is 0 Å². The molecule has 0 aliphatic rings. The van der Waals surface area contributed by atoms with Crippen molar-refractivity contribution in [2.45, 2.75) is 37.9 Å². The Morgan fingerprint density at radius 3 is 2.60 bits per heavy atom. The van der Waals surface area contributed by atoms with Gasteiger partial charge in [0, 0.05) is 13.7 Å². The summed E-state index contributed by atoms with van der Waals surface area (Å²) >= 11 is 1.68. The number of methoxy groups -OCH3 is 2. The van der Waals surface area contributed by atoms with Crippen LogP contribution in [0.4, 0.5) is 0 Å². The lowest BCUT2D eigenvalue weighted by molar-refractivity contribution is -0.140. The molecule has 0 rings (SSSR count). The Bertz CT molecular complexity index is 162. The Morgan fingerprint density at radius 1 is 1.33 bits per heavy atom. The van der Waals surface area contributed by atoms with Gasteiger partial charge in [-0.1, -0.05) is 19.8 Å². The van der Waals surface area contributed by atoms with E-state index in [1.165, 1.54) is 7.11 Å². The van der Waals surface area contributed by atoms with Crippen LogP contribution in [0.2, 0.25) is 0 Å². The van der Waals surface area contributed by atoms with Gasteiger partial charge in [-0.25, -0.2) is 0 Å². The average molecular weight is 234 g/mol. The van der Waals surface area contributed by atoms with Gasteiger partial charge in [0.05, 0.1) is 7.11 Å². The molecule has 0 saturated carbocycles. The molecule has 0 fully saturated rings. The first-order valence-electron chi connectivity index (χ1n) is 5.44. The molecule has 1 unspecified atom stereocenters. The van der Waals surface area contributed by atoms with Crippen LogP contribution in [0.3, 0.4) is 0 Å². The fourth-order valence-electron chi connectivity index (χ4n) is 1.22. The van der Waals surface area contributed by atoms with Crippen LogP contribution in [0.5, 0.6) is 0 Å². The Hall–Kier alpha value is -0.220. The average Bonchev–Trinajstić information content (AvgIpc) is 2.27. The van der Waals surface area contributed by atoms with E-state index in [0.717, 1.165) is 38.0 Å². The maximum Gasteiger partial charge on any atom is 0.318 e. The predicted molar refractivity (Wildman–Crippen MR) is 64.3 cm³/mol. The highest BCUT2D eigenvalue weighted by Crippen LogP contribution is 2.19. The maximum absolute atomic E-state index is 11.4. The van der Waals surface area contributed by atoms with Crippen LogP contribution < -0.4 is 0 Å². The fraction of sp³-hybridized carbons (Fsp3) is 0.909. The molecule has 0 saturated heterocycles. The van der Waals surface area contributed by atoms with Crippen molar-refractivity contribution in [3.63, 3.8) is 0 Å². The summed E-state index contributed by atoms with van der Waals surface area (Å²) in [6.45, 7) is 2.89. The first kappa shape index (κ1) is 14.8. The number of ether oxygens (including phenoxy) is 2. The van der Waals surface area contributed by atoms with E-state index >= 15 is 0 Å². The maximum atomic E-state index is 11.4. The van der Waals surface area contributed by atoms with Crippen LogP contribution in [0.1, 0.15) is 32.6 Å². The van der Waals surface area contributed by atoms with Gasteiger partial charge in [0.1, 0.15) is 5.25 Å². The van der Waals surface area contributed by atoms with Crippen LogP contribution in [0.25, 0.3) is 0 Å². The Kier molecular flexibility index (Phi) is 10.2. The van der Waals surface area contributed by atoms with E-state index in [2.05, 4.69) is 6.92 Å². The summed E-state index contributed by atoms with van der Waals surface area (Å²) in [5, 5.41) is 0.00630. The molecule has 0 heterocycles. The van der Waals surface area contributed by atoms with Crippen molar-refractivity contribution in [2.24, 2.45) is 0 Å². The van der Waals surface area contributed by atoms with Gasteiger partial charge >= 0.3 is 5.97 Å². The fourth-order valence-corrected chi connectivity index (χ4v) is 2.35. The third-order valence-electron chi connectivity index (χ3n) is 2.10. The standard InChI is InChI=1S/C11H22O3S/c1-4-5-7-10(11(12)14-3)15-9-6-8-13-2/h10H,4-9H2,1-3H3. The number of hydrogen-bond donors (Lipinski definition) is 0. The normalized spacial score (nSPS) is 12.5. The van der Waals surface area contributed by atoms with Crippen molar-refractivity contribution in [2.75, 3.05) is 26.6 Å². The number of unbranched alkanes of at least 4 members (excludes halogenated alkanes) is 1. The van der Waals surface area contributed by atoms with Gasteiger partial charge in [-0.3, -0.25) is 4.79 Å². The smallest absolute Gasteiger partial charge is 0.318 e. The van der Waals surface area contributed by atoms with Crippen LogP contribution in [0.15, 0.2) is 0 Å². The minimum Gasteiger partial charge on any atom is -0.468 e. The van der Waals surface area contributed by atoms with E-state index in [9.17, 15) is 4.79 Å². The molecule has 90 valence electrons. The van der Waals surface area contributed by atoms with Crippen LogP contribution in [0, 0.1) is 0 Å². The molecule has 0 aliphatic heterocycles. The van der Waals surface area contributed by atoms with Crippen LogP contribution >= 0.6 is 11.8 Å². The number of carbonyl (C=O) groups is 1. The largest absolute Gasteiger partial charge is 0.468 e. The minimum atomic E-state index is -0.0918. The zero-order valence-electron chi connectivity index (χ0n) is 9.95. The van der Waals surface area contributed by atoms with Crippen LogP contribution in [-0.2, 0) is 14.3 Å². The van der Waals surface area contributed by atoms with Gasteiger partial charge < -0.3 is 9.47 Å². The monoisotopic (exact) mass is 234 g/mol. The van der Waals surface area contributed by atoms with E-state index in [1.807, 2.05) is 0 Å². The topological polar surface area (TPSA) is 35.5 Å². The highest BCUT2D eigenvalue weighted by molar-refractivity contribution is 8.00. The zero-order chi connectivity index (χ0) is 11.5. The van der Waals surface area contributed by atoms with Crippen molar-refractivity contribution in [1.29, 1.82) is 0 Å². The van der Waals surface area contributed by atoms with Crippen molar-refractivity contribution < 1.29 is 14.3 Å². The molecule has 15 heavy (non-hydrogen) atoms. The van der Waals surface area contributed by atoms with E-state index in [-0.39, 0.29) is 11.2 Å². The van der Waals surface area contributed by atoms with Crippen LogP contribution in [-0.4, -0.2) is 37.8 Å². The predicted octanol–water partition coefficient (Wildman–Crippen LogP) is 2.49. The summed E-state index contributed by atoms with van der Waals surface area (Å²) in [6, 6.07) is 0. The summed E-state index contributed by atoms with van der Waals surface area (Å²) in [6.07, 6.45) is 4.10. The lowest BCUT2D eigenvalue weighted by Crippen LogP contribution is -2.19. The van der Waals surface area contributed by atoms with Crippen molar-refractivity contribution >= 4 is 17.7 Å². The molecular weight excluding hydrogens is 212 g/mol. The third kappa shape index (κ3) is 7.68. The summed E-state index contributed by atoms with van der Waals surface area (Å²) in [5.41, 5.74) is 0. The molecule has 0 aromatic heterocycles. The summed E-state index contributed by atoms with van der Waals surface area (Å²) < 4.78 is 9.74. The molecule has 3 nitrogen and oxygen atoms in total. The van der Waals surface area contributed by atoms with Gasteiger partial charge in [-0.2, -0.15) is 0 Å². The molecule has 0 amide bonds. The molecular formula is C11H22O3S. The van der Waals surface area contributed by atoms with Gasteiger partial charge in [0.15, 0.2) is 0 Å². The number of carbonyl (C=O) groups excluding carboxylic acids is 1. The number of rotatable bonds is 9. The van der Waals surface area contributed by atoms with Crippen molar-refractivity contribution in [3.05, 3.63) is 0 Å². The van der Waals surface area contributed by atoms with E-state index in [4.69, 9.17) is 9.47 Å². The molecule has 0 radical (unpaired) electrons. The summed E-state index contributed by atoms with van der Waals surface area (Å²) in [4.78, 5) is 11.4. The van der Waals surface area contributed by atoms with Gasteiger partial charge in [0.25, 0.3) is 0 Å². The summed E-state index contributed by atoms with van der Waals surface area (Å²) in [5.74, 6) is 0.864. The molecule has 4 heteroatoms. The molecule has 0 spiro atoms. The second-order valence-corrected chi connectivity index (χ2v) is 4.68. The number of thioether (sulfide) groups is 1. The second-order valence-electron chi connectivity index (χ2n) is 3.37. The SMILES string of the molecule is CCCCC(SCCCOC)C(=O)OC. The van der Waals surface area contributed by atoms with E-state index in [1.54, 1.807) is 18.9 Å². The number of esters is 1. The summed E-state index contributed by atoms with van der Waals surface area (Å²) in [7, 11) is 3.15. The molecule has 0 N–H and O–H groups in total. The van der Waals surface area contributed by atoms with Crippen molar-refractivity contribution in [1.82, 2.24) is 0 Å². The Morgan fingerprint density at radius 2 is 2.07 bits per heavy atom. The Labute approximate surface area is 96.9 Å². The first-order valence-corrected chi connectivity index (χ1v) is 6.49. The van der Waals surface area contributed by atoms with Gasteiger partial charge in [0.2, 0.25) is 0 Å². The molecule has 0 bridgehead atoms. The van der Waals surface area contributed by atoms with E-state index in [0.29, 0.717) is 0 Å². The van der Waals surface area contributed by atoms with Gasteiger partial charge in [-0.15, -0.1) is 11.8 Å². The quantitative estimate of drug-likeness (QED) is 0.453. The Balaban J connectivity index is 3.74. The molecule has 1 atom stereocenters. The lowest BCUT2D eigenvalue weighted by atomic mass is 10.2.